The molecular formula is C13H13N3O2. The van der Waals surface area contributed by atoms with Crippen LogP contribution in [0.25, 0.3) is 0 Å². The van der Waals surface area contributed by atoms with Crippen molar-refractivity contribution in [1.29, 1.82) is 0 Å². The van der Waals surface area contributed by atoms with Crippen LogP contribution in [0.5, 0.6) is 0 Å². The van der Waals surface area contributed by atoms with Gasteiger partial charge in [-0.15, -0.1) is 0 Å². The van der Waals surface area contributed by atoms with E-state index in [1.165, 1.54) is 0 Å². The molecule has 3 amide bonds. The third-order valence-corrected chi connectivity index (χ3v) is 4.21. The van der Waals surface area contributed by atoms with E-state index in [4.69, 9.17) is 0 Å². The molecule has 92 valence electrons. The molecule has 5 heteroatoms. The first kappa shape index (κ1) is 10.1. The van der Waals surface area contributed by atoms with Crippen molar-refractivity contribution in [3.8, 4) is 0 Å². The molecule has 0 aromatic heterocycles. The Bertz CT molecular complexity index is 534. The average Bonchev–Trinajstić information content (AvgIpc) is 2.86. The largest absolute Gasteiger partial charge is 0.329 e. The van der Waals surface area contributed by atoms with Crippen molar-refractivity contribution in [2.24, 2.45) is 11.8 Å². The molecule has 5 nitrogen and oxygen atoms in total. The highest BCUT2D eigenvalue weighted by atomic mass is 16.2. The van der Waals surface area contributed by atoms with E-state index >= 15 is 0 Å². The number of nitrogens with zero attached hydrogens (tertiary/aromatic N) is 1. The molecule has 3 heterocycles. The first-order chi connectivity index (χ1) is 8.74. The molecule has 2 fully saturated rings. The summed E-state index contributed by atoms with van der Waals surface area (Å²) in [6.45, 7) is 0.572. The molecule has 0 bridgehead atoms. The summed E-state index contributed by atoms with van der Waals surface area (Å²) in [5.74, 6) is 0.412. The van der Waals surface area contributed by atoms with Crippen LogP contribution in [0.2, 0.25) is 0 Å². The number of hydrogen-bond acceptors (Lipinski definition) is 3. The van der Waals surface area contributed by atoms with E-state index in [0.717, 1.165) is 0 Å². The van der Waals surface area contributed by atoms with Gasteiger partial charge in [0.1, 0.15) is 5.70 Å². The van der Waals surface area contributed by atoms with Crippen molar-refractivity contribution in [2.75, 3.05) is 6.54 Å². The zero-order valence-corrected chi connectivity index (χ0v) is 9.67. The number of carbonyl (C=O) groups is 2. The van der Waals surface area contributed by atoms with E-state index in [-0.39, 0.29) is 18.0 Å². The molecule has 3 aliphatic heterocycles. The lowest BCUT2D eigenvalue weighted by Gasteiger charge is -2.30. The first-order valence-electron chi connectivity index (χ1n) is 6.20. The van der Waals surface area contributed by atoms with Gasteiger partial charge in [-0.25, -0.2) is 4.79 Å². The maximum Gasteiger partial charge on any atom is 0.329 e. The fourth-order valence-corrected chi connectivity index (χ4v) is 3.37. The smallest absolute Gasteiger partial charge is 0.305 e. The number of allylic oxidation sites excluding steroid dienone is 2. The van der Waals surface area contributed by atoms with Crippen LogP contribution in [0.1, 0.15) is 0 Å². The zero-order valence-electron chi connectivity index (χ0n) is 9.67. The van der Waals surface area contributed by atoms with Crippen molar-refractivity contribution in [3.63, 3.8) is 0 Å². The summed E-state index contributed by atoms with van der Waals surface area (Å²) < 4.78 is 0. The van der Waals surface area contributed by atoms with E-state index in [0.29, 0.717) is 30.1 Å². The van der Waals surface area contributed by atoms with Gasteiger partial charge in [-0.2, -0.15) is 0 Å². The third-order valence-electron chi connectivity index (χ3n) is 4.21. The number of imide groups is 1. The Morgan fingerprint density at radius 1 is 1.17 bits per heavy atom. The summed E-state index contributed by atoms with van der Waals surface area (Å²) >= 11 is 0. The second kappa shape index (κ2) is 3.32. The summed E-state index contributed by atoms with van der Waals surface area (Å²) in [5, 5.41) is 5.87. The van der Waals surface area contributed by atoms with Crippen molar-refractivity contribution in [3.05, 3.63) is 36.1 Å². The first-order valence-corrected chi connectivity index (χ1v) is 6.20. The highest BCUT2D eigenvalue weighted by Gasteiger charge is 2.47. The predicted molar refractivity (Wildman–Crippen MR) is 64.3 cm³/mol. The topological polar surface area (TPSA) is 61.4 Å². The second-order valence-corrected chi connectivity index (χ2v) is 5.15. The minimum atomic E-state index is -0.299. The summed E-state index contributed by atoms with van der Waals surface area (Å²) in [6.07, 6.45) is 10.4. The summed E-state index contributed by atoms with van der Waals surface area (Å²) in [7, 11) is 0. The van der Waals surface area contributed by atoms with E-state index < -0.39 is 0 Å². The molecule has 0 aromatic rings. The molecule has 0 saturated carbocycles. The highest BCUT2D eigenvalue weighted by Crippen LogP contribution is 2.37. The molecule has 4 atom stereocenters. The third kappa shape index (κ3) is 1.19. The Morgan fingerprint density at radius 3 is 2.89 bits per heavy atom. The summed E-state index contributed by atoms with van der Waals surface area (Å²) in [4.78, 5) is 24.8. The van der Waals surface area contributed by atoms with Crippen LogP contribution >= 0.6 is 0 Å². The van der Waals surface area contributed by atoms with Crippen LogP contribution in [0.15, 0.2) is 36.1 Å². The normalized spacial score (nSPS) is 40.2. The lowest BCUT2D eigenvalue weighted by molar-refractivity contribution is -0.116. The molecule has 2 saturated heterocycles. The number of rotatable bonds is 0. The van der Waals surface area contributed by atoms with Gasteiger partial charge < -0.3 is 5.32 Å². The predicted octanol–water partition coefficient (Wildman–Crippen LogP) is 0.135. The lowest BCUT2D eigenvalue weighted by Crippen LogP contribution is -2.45. The van der Waals surface area contributed by atoms with Gasteiger partial charge in [-0.3, -0.25) is 15.0 Å². The number of carbonyl (C=O) groups excluding carboxylic acids is 2. The Balaban J connectivity index is 1.73. The second-order valence-electron chi connectivity index (χ2n) is 5.15. The van der Waals surface area contributed by atoms with Gasteiger partial charge in [0.25, 0.3) is 5.91 Å². The van der Waals surface area contributed by atoms with Gasteiger partial charge in [0.2, 0.25) is 0 Å². The Labute approximate surface area is 104 Å². The maximum atomic E-state index is 11.7. The van der Waals surface area contributed by atoms with Crippen molar-refractivity contribution in [2.45, 2.75) is 12.1 Å². The number of fused-ring (bicyclic) bond motifs is 4. The van der Waals surface area contributed by atoms with Gasteiger partial charge >= 0.3 is 6.03 Å². The van der Waals surface area contributed by atoms with E-state index in [9.17, 15) is 9.59 Å². The van der Waals surface area contributed by atoms with Crippen molar-refractivity contribution < 1.29 is 9.59 Å². The Morgan fingerprint density at radius 2 is 2.00 bits per heavy atom. The average molecular weight is 243 g/mol. The number of nitrogens with one attached hydrogen (secondary N) is 2. The number of hydrogen-bond donors (Lipinski definition) is 2. The minimum Gasteiger partial charge on any atom is -0.305 e. The zero-order chi connectivity index (χ0) is 12.3. The molecule has 18 heavy (non-hydrogen) atoms. The molecule has 0 radical (unpaired) electrons. The van der Waals surface area contributed by atoms with Crippen molar-refractivity contribution >= 4 is 11.9 Å². The van der Waals surface area contributed by atoms with Gasteiger partial charge in [0, 0.05) is 30.5 Å². The standard InChI is InChI=1S/C13H13N3O2/c17-12-11-5-8-7-3-1-2-4-9(7)14-10(8)6-16(11)13(18)15-12/h1-5,7-10,14H,6H2,(H,15,17,18). The van der Waals surface area contributed by atoms with Gasteiger partial charge in [0.15, 0.2) is 0 Å². The van der Waals surface area contributed by atoms with E-state index in [1.807, 2.05) is 12.2 Å². The molecule has 4 rings (SSSR count). The maximum absolute atomic E-state index is 11.7. The molecule has 1 aliphatic carbocycles. The molecule has 0 aromatic carbocycles. The van der Waals surface area contributed by atoms with Crippen LogP contribution in [0, 0.1) is 11.8 Å². The number of amides is 3. The molecular weight excluding hydrogens is 230 g/mol. The Kier molecular flexibility index (Phi) is 1.86. The molecule has 0 spiro atoms. The lowest BCUT2D eigenvalue weighted by atomic mass is 9.82. The SMILES string of the molecule is O=C1NC(=O)N2CC3NC4C=CC=CC4C3C=C12. The quantitative estimate of drug-likeness (QED) is 0.595. The molecule has 2 N–H and O–H groups in total. The van der Waals surface area contributed by atoms with Crippen LogP contribution in [-0.2, 0) is 4.79 Å². The van der Waals surface area contributed by atoms with Gasteiger partial charge in [-0.1, -0.05) is 24.3 Å². The molecule has 4 unspecified atom stereocenters. The number of urea groups is 1. The van der Waals surface area contributed by atoms with Crippen LogP contribution in [0.3, 0.4) is 0 Å². The van der Waals surface area contributed by atoms with Crippen LogP contribution in [-0.4, -0.2) is 35.5 Å². The van der Waals surface area contributed by atoms with E-state index in [1.54, 1.807) is 4.90 Å². The van der Waals surface area contributed by atoms with Crippen LogP contribution in [0.4, 0.5) is 4.79 Å². The van der Waals surface area contributed by atoms with E-state index in [2.05, 4.69) is 28.9 Å². The minimum absolute atomic E-state index is 0.229. The summed E-state index contributed by atoms with van der Waals surface area (Å²) in [5.41, 5.74) is 0.520. The fraction of sp³-hybridized carbons (Fsp3) is 0.385. The summed E-state index contributed by atoms with van der Waals surface area (Å²) in [6, 6.07) is 0.250. The fourth-order valence-electron chi connectivity index (χ4n) is 3.37. The highest BCUT2D eigenvalue weighted by molar-refractivity contribution is 6.11. The Hall–Kier alpha value is -1.88. The monoisotopic (exact) mass is 243 g/mol. The van der Waals surface area contributed by atoms with Gasteiger partial charge in [-0.05, 0) is 6.08 Å². The van der Waals surface area contributed by atoms with Crippen molar-refractivity contribution in [1.82, 2.24) is 15.5 Å². The van der Waals surface area contributed by atoms with Gasteiger partial charge in [0.05, 0.1) is 0 Å². The van der Waals surface area contributed by atoms with Crippen LogP contribution < -0.4 is 10.6 Å². The molecule has 4 aliphatic rings.